The van der Waals surface area contributed by atoms with Crippen molar-refractivity contribution in [3.8, 4) is 33.4 Å². The minimum atomic E-state index is 1.05. The van der Waals surface area contributed by atoms with Crippen LogP contribution in [0.2, 0.25) is 0 Å². The van der Waals surface area contributed by atoms with Gasteiger partial charge in [0, 0.05) is 12.4 Å². The molecule has 1 heteroatoms. The van der Waals surface area contributed by atoms with Crippen molar-refractivity contribution in [1.29, 1.82) is 0 Å². The quantitative estimate of drug-likeness (QED) is 0.226. The van der Waals surface area contributed by atoms with Gasteiger partial charge >= 0.3 is 0 Å². The summed E-state index contributed by atoms with van der Waals surface area (Å²) in [5, 5.41) is 7.62. The van der Waals surface area contributed by atoms with E-state index in [0.29, 0.717) is 0 Å². The molecule has 6 aromatic carbocycles. The minimum absolute atomic E-state index is 1.05. The summed E-state index contributed by atoms with van der Waals surface area (Å²) < 4.78 is 0. The third kappa shape index (κ3) is 3.76. The Morgan fingerprint density at radius 1 is 0.447 bits per heavy atom. The molecule has 7 rings (SSSR count). The average Bonchev–Trinajstić information content (AvgIpc) is 3.00. The van der Waals surface area contributed by atoms with Crippen LogP contribution >= 0.6 is 0 Å². The molecule has 0 saturated heterocycles. The van der Waals surface area contributed by atoms with E-state index in [2.05, 4.69) is 133 Å². The summed E-state index contributed by atoms with van der Waals surface area (Å²) in [7, 11) is 0. The number of pyridine rings is 1. The van der Waals surface area contributed by atoms with E-state index in [1.807, 2.05) is 12.4 Å². The molecule has 0 bridgehead atoms. The van der Waals surface area contributed by atoms with Gasteiger partial charge in [0.15, 0.2) is 0 Å². The van der Waals surface area contributed by atoms with Gasteiger partial charge in [0.1, 0.15) is 0 Å². The molecule has 1 heterocycles. The summed E-state index contributed by atoms with van der Waals surface area (Å²) >= 11 is 0. The van der Waals surface area contributed by atoms with Crippen LogP contribution in [0.15, 0.2) is 134 Å². The van der Waals surface area contributed by atoms with Crippen molar-refractivity contribution < 1.29 is 0 Å². The van der Waals surface area contributed by atoms with E-state index in [9.17, 15) is 0 Å². The Balaban J connectivity index is 1.50. The van der Waals surface area contributed by atoms with Crippen LogP contribution < -0.4 is 0 Å². The lowest BCUT2D eigenvalue weighted by Gasteiger charge is -2.18. The fraction of sp³-hybridized carbons (Fsp3) is 0.0541. The Morgan fingerprint density at radius 2 is 0.947 bits per heavy atom. The third-order valence-electron chi connectivity index (χ3n) is 7.72. The number of rotatable bonds is 4. The Labute approximate surface area is 223 Å². The maximum atomic E-state index is 4.18. The molecule has 0 aliphatic carbocycles. The first kappa shape index (κ1) is 22.4. The largest absolute Gasteiger partial charge is 0.265 e. The van der Waals surface area contributed by atoms with E-state index in [0.717, 1.165) is 6.42 Å². The molecule has 0 amide bonds. The van der Waals surface area contributed by atoms with Gasteiger partial charge in [-0.05, 0) is 102 Å². The van der Waals surface area contributed by atoms with Gasteiger partial charge in [-0.25, -0.2) is 0 Å². The molecule has 1 nitrogen and oxygen atoms in total. The topological polar surface area (TPSA) is 12.9 Å². The van der Waals surface area contributed by atoms with Crippen molar-refractivity contribution >= 4 is 32.3 Å². The highest BCUT2D eigenvalue weighted by molar-refractivity contribution is 6.21. The zero-order valence-corrected chi connectivity index (χ0v) is 21.4. The Morgan fingerprint density at radius 3 is 1.53 bits per heavy atom. The molecule has 0 radical (unpaired) electrons. The molecule has 0 aliphatic heterocycles. The van der Waals surface area contributed by atoms with Gasteiger partial charge in [0.25, 0.3) is 0 Å². The predicted molar refractivity (Wildman–Crippen MR) is 162 cm³/mol. The number of hydrogen-bond acceptors (Lipinski definition) is 1. The lowest BCUT2D eigenvalue weighted by molar-refractivity contribution is 1.14. The van der Waals surface area contributed by atoms with Crippen molar-refractivity contribution in [2.45, 2.75) is 13.3 Å². The van der Waals surface area contributed by atoms with Crippen LogP contribution in [0.25, 0.3) is 65.7 Å². The van der Waals surface area contributed by atoms with Gasteiger partial charge in [-0.15, -0.1) is 0 Å². The molecular weight excluding hydrogens is 458 g/mol. The van der Waals surface area contributed by atoms with Gasteiger partial charge in [-0.2, -0.15) is 0 Å². The van der Waals surface area contributed by atoms with Crippen LogP contribution in [0, 0.1) is 0 Å². The van der Waals surface area contributed by atoms with Crippen LogP contribution in [-0.4, -0.2) is 4.98 Å². The van der Waals surface area contributed by atoms with Crippen LogP contribution in [0.3, 0.4) is 0 Å². The maximum Gasteiger partial charge on any atom is 0.0273 e. The molecule has 180 valence electrons. The van der Waals surface area contributed by atoms with Crippen molar-refractivity contribution in [2.24, 2.45) is 0 Å². The number of hydrogen-bond donors (Lipinski definition) is 0. The second-order valence-electron chi connectivity index (χ2n) is 9.90. The van der Waals surface area contributed by atoms with Crippen LogP contribution in [0.4, 0.5) is 0 Å². The summed E-state index contributed by atoms with van der Waals surface area (Å²) in [5.74, 6) is 0. The van der Waals surface area contributed by atoms with E-state index in [1.165, 1.54) is 71.3 Å². The molecule has 0 atom stereocenters. The number of fused-ring (bicyclic) bond motifs is 3. The highest BCUT2D eigenvalue weighted by atomic mass is 14.6. The van der Waals surface area contributed by atoms with E-state index in [1.54, 1.807) is 0 Å². The zero-order valence-electron chi connectivity index (χ0n) is 21.4. The number of aryl methyl sites for hydroxylation is 1. The fourth-order valence-corrected chi connectivity index (χ4v) is 5.78. The Hall–Kier alpha value is -4.75. The van der Waals surface area contributed by atoms with Crippen LogP contribution in [-0.2, 0) is 6.42 Å². The van der Waals surface area contributed by atoms with Crippen LogP contribution in [0.1, 0.15) is 12.5 Å². The number of benzene rings is 6. The maximum absolute atomic E-state index is 4.18. The highest BCUT2D eigenvalue weighted by Gasteiger charge is 2.16. The average molecular weight is 486 g/mol. The Kier molecular flexibility index (Phi) is 5.48. The number of nitrogens with zero attached hydrogens (tertiary/aromatic N) is 1. The van der Waals surface area contributed by atoms with E-state index in [-0.39, 0.29) is 0 Å². The van der Waals surface area contributed by atoms with Gasteiger partial charge in [-0.3, -0.25) is 4.98 Å². The van der Waals surface area contributed by atoms with E-state index >= 15 is 0 Å². The summed E-state index contributed by atoms with van der Waals surface area (Å²) in [4.78, 5) is 4.18. The lowest BCUT2D eigenvalue weighted by Crippen LogP contribution is -1.91. The SMILES string of the molecule is CCc1ccc(-c2c3ccccc3c(-c3ccc4ccc(-c5ccncc5)cc4c3)c3ccccc23)cc1. The minimum Gasteiger partial charge on any atom is -0.265 e. The summed E-state index contributed by atoms with van der Waals surface area (Å²) in [5.41, 5.74) is 8.86. The van der Waals surface area contributed by atoms with Gasteiger partial charge in [0.2, 0.25) is 0 Å². The standard InChI is InChI=1S/C37H27N/c1-2-25-11-13-28(14-12-25)36-32-7-3-5-9-34(32)37(35-10-6-4-8-33(35)36)30-18-16-26-15-17-29(23-31(26)24-30)27-19-21-38-22-20-27/h3-24H,2H2,1H3. The highest BCUT2D eigenvalue weighted by Crippen LogP contribution is 2.44. The van der Waals surface area contributed by atoms with Crippen molar-refractivity contribution in [3.05, 3.63) is 139 Å². The predicted octanol–water partition coefficient (Wildman–Crippen LogP) is 10.1. The molecule has 0 spiro atoms. The number of aromatic nitrogens is 1. The molecule has 7 aromatic rings. The van der Waals surface area contributed by atoms with Crippen molar-refractivity contribution in [3.63, 3.8) is 0 Å². The van der Waals surface area contributed by atoms with Crippen molar-refractivity contribution in [1.82, 2.24) is 4.98 Å². The molecule has 0 unspecified atom stereocenters. The smallest absolute Gasteiger partial charge is 0.0273 e. The molecule has 0 aliphatic rings. The molecule has 38 heavy (non-hydrogen) atoms. The first-order valence-electron chi connectivity index (χ1n) is 13.3. The van der Waals surface area contributed by atoms with Gasteiger partial charge < -0.3 is 0 Å². The van der Waals surface area contributed by atoms with Gasteiger partial charge in [0.05, 0.1) is 0 Å². The van der Waals surface area contributed by atoms with Crippen LogP contribution in [0.5, 0.6) is 0 Å². The van der Waals surface area contributed by atoms with E-state index < -0.39 is 0 Å². The summed E-state index contributed by atoms with van der Waals surface area (Å²) in [6.45, 7) is 2.21. The van der Waals surface area contributed by atoms with Gasteiger partial charge in [-0.1, -0.05) is 104 Å². The molecular formula is C37H27N. The second-order valence-corrected chi connectivity index (χ2v) is 9.90. The Bertz CT molecular complexity index is 1880. The molecule has 1 aromatic heterocycles. The zero-order chi connectivity index (χ0) is 25.5. The molecule has 0 N–H and O–H groups in total. The first-order chi connectivity index (χ1) is 18.8. The third-order valence-corrected chi connectivity index (χ3v) is 7.72. The molecule has 0 fully saturated rings. The first-order valence-corrected chi connectivity index (χ1v) is 13.3. The monoisotopic (exact) mass is 485 g/mol. The summed E-state index contributed by atoms with van der Waals surface area (Å²) in [6, 6.07) is 44.5. The second kappa shape index (κ2) is 9.28. The van der Waals surface area contributed by atoms with E-state index in [4.69, 9.17) is 0 Å². The van der Waals surface area contributed by atoms with Crippen molar-refractivity contribution in [2.75, 3.05) is 0 Å². The lowest BCUT2D eigenvalue weighted by atomic mass is 9.85. The normalized spacial score (nSPS) is 11.4. The fourth-order valence-electron chi connectivity index (χ4n) is 5.78. The summed E-state index contributed by atoms with van der Waals surface area (Å²) in [6.07, 6.45) is 4.75. The molecule has 0 saturated carbocycles.